The average Bonchev–Trinajstić information content (AvgIpc) is 3.22. The zero-order valence-electron chi connectivity index (χ0n) is 15.5. The number of benzene rings is 2. The van der Waals surface area contributed by atoms with E-state index in [1.807, 2.05) is 18.2 Å². The highest BCUT2D eigenvalue weighted by Gasteiger charge is 2.18. The van der Waals surface area contributed by atoms with E-state index in [1.165, 1.54) is 16.7 Å². The molecule has 7 nitrogen and oxygen atoms in total. The van der Waals surface area contributed by atoms with Gasteiger partial charge in [0.25, 0.3) is 0 Å². The van der Waals surface area contributed by atoms with Crippen molar-refractivity contribution in [3.05, 3.63) is 90.8 Å². The molecule has 8 heteroatoms. The van der Waals surface area contributed by atoms with Crippen molar-refractivity contribution in [1.29, 1.82) is 0 Å². The number of hydrogen-bond donors (Lipinski definition) is 1. The third-order valence-electron chi connectivity index (χ3n) is 4.15. The molecule has 0 aliphatic carbocycles. The van der Waals surface area contributed by atoms with Crippen LogP contribution in [0.5, 0.6) is 0 Å². The van der Waals surface area contributed by atoms with E-state index < -0.39 is 10.2 Å². The molecule has 4 aromatic rings. The Morgan fingerprint density at radius 1 is 0.759 bits per heavy atom. The van der Waals surface area contributed by atoms with Crippen molar-refractivity contribution >= 4 is 0 Å². The molecule has 0 amide bonds. The summed E-state index contributed by atoms with van der Waals surface area (Å²) < 4.78 is 36.2. The summed E-state index contributed by atoms with van der Waals surface area (Å²) in [6.45, 7) is 2.12. The smallest absolute Gasteiger partial charge is 0.222 e. The molecule has 2 aromatic heterocycles. The molecule has 0 aliphatic heterocycles. The normalized spacial score (nSPS) is 10.9. The number of nitrogens with one attached hydrogen (secondary N) is 1. The maximum atomic E-state index is 8.49. The van der Waals surface area contributed by atoms with Crippen molar-refractivity contribution in [2.45, 2.75) is 6.92 Å². The van der Waals surface area contributed by atoms with Crippen LogP contribution in [0.4, 0.5) is 0 Å². The molecule has 0 spiro atoms. The van der Waals surface area contributed by atoms with Crippen LogP contribution in [0.25, 0.3) is 28.2 Å². The van der Waals surface area contributed by atoms with Crippen molar-refractivity contribution in [3.8, 4) is 28.2 Å². The molecule has 0 atom stereocenters. The van der Waals surface area contributed by atoms with Crippen molar-refractivity contribution < 1.29 is 33.4 Å². The number of H-pyrrole nitrogens is 1. The lowest BCUT2D eigenvalue weighted by Gasteiger charge is -2.17. The van der Waals surface area contributed by atoms with Gasteiger partial charge in [-0.05, 0) is 30.2 Å². The Morgan fingerprint density at radius 2 is 1.31 bits per heavy atom. The minimum Gasteiger partial charge on any atom is -0.222 e. The Hall–Kier alpha value is -3.07. The lowest BCUT2D eigenvalue weighted by atomic mass is 10.0. The van der Waals surface area contributed by atoms with Crippen LogP contribution in [0.1, 0.15) is 5.69 Å². The first-order valence-corrected chi connectivity index (χ1v) is 9.85. The number of aryl methyl sites for hydroxylation is 1. The van der Waals surface area contributed by atoms with Crippen LogP contribution in [-0.2, 0) is 0 Å². The summed E-state index contributed by atoms with van der Waals surface area (Å²) in [5.74, 6) is 0.964. The molecule has 2 aromatic carbocycles. The van der Waals surface area contributed by atoms with Crippen molar-refractivity contribution in [1.82, 2.24) is 10.2 Å². The molecule has 29 heavy (non-hydrogen) atoms. The molecule has 0 aliphatic rings. The maximum absolute atomic E-state index is 8.49. The maximum Gasteiger partial charge on any atom is 0.306 e. The second-order valence-corrected chi connectivity index (χ2v) is 6.91. The molecular weight excluding hydrogens is 394 g/mol. The number of nitrogens with zero attached hydrogens (tertiary/aromatic N) is 2. The lowest BCUT2D eigenvalue weighted by Crippen LogP contribution is -2.68. The summed E-state index contributed by atoms with van der Waals surface area (Å²) >= 11 is 0. The molecular formula is C21H18ClN3O4. The fraction of sp³-hybridized carbons (Fsp3) is 0.0476. The number of hydrogen-bond acceptors (Lipinski definition) is 5. The van der Waals surface area contributed by atoms with Crippen LogP contribution in [0.15, 0.2) is 85.1 Å². The molecule has 0 unspecified atom stereocenters. The van der Waals surface area contributed by atoms with Crippen LogP contribution in [0.2, 0.25) is 0 Å². The second-order valence-electron chi connectivity index (χ2n) is 6.16. The van der Waals surface area contributed by atoms with Crippen LogP contribution in [0, 0.1) is 17.2 Å². The van der Waals surface area contributed by atoms with Gasteiger partial charge in [0.15, 0.2) is 0 Å². The Labute approximate surface area is 169 Å². The van der Waals surface area contributed by atoms with Gasteiger partial charge in [0, 0.05) is 5.56 Å². The highest BCUT2D eigenvalue weighted by molar-refractivity contribution is 5.69. The third-order valence-corrected chi connectivity index (χ3v) is 4.15. The highest BCUT2D eigenvalue weighted by atomic mass is 35.7. The first-order valence-electron chi connectivity index (χ1n) is 8.62. The van der Waals surface area contributed by atoms with Crippen LogP contribution in [0.3, 0.4) is 0 Å². The minimum absolute atomic E-state index is 0.964. The second kappa shape index (κ2) is 8.95. The SMILES string of the molecule is Cc1cc(-c2ccccc2)cc(-c2ccccc2)[n+]1-c1ccn[nH]1.[O-][Cl+3]([O-])([O-])[O-]. The molecule has 4 rings (SSSR count). The number of aromatic amines is 1. The van der Waals surface area contributed by atoms with Crippen molar-refractivity contribution in [2.24, 2.45) is 0 Å². The van der Waals surface area contributed by atoms with E-state index in [9.17, 15) is 0 Å². The van der Waals surface area contributed by atoms with Gasteiger partial charge in [-0.1, -0.05) is 65.8 Å². The van der Waals surface area contributed by atoms with E-state index in [2.05, 4.69) is 82.4 Å². The van der Waals surface area contributed by atoms with Gasteiger partial charge < -0.3 is 0 Å². The molecule has 0 radical (unpaired) electrons. The Morgan fingerprint density at radius 3 is 1.83 bits per heavy atom. The van der Waals surface area contributed by atoms with Gasteiger partial charge in [-0.15, -0.1) is 15.3 Å². The summed E-state index contributed by atoms with van der Waals surface area (Å²) in [4.78, 5) is 0. The first-order chi connectivity index (χ1) is 13.8. The van der Waals surface area contributed by atoms with Gasteiger partial charge in [0.2, 0.25) is 0 Å². The average molecular weight is 412 g/mol. The zero-order chi connectivity index (χ0) is 20.9. The molecule has 1 N–H and O–H groups in total. The zero-order valence-corrected chi connectivity index (χ0v) is 16.2. The molecule has 0 fully saturated rings. The number of aromatic nitrogens is 3. The van der Waals surface area contributed by atoms with Gasteiger partial charge >= 0.3 is 5.82 Å². The molecule has 148 valence electrons. The molecule has 0 saturated heterocycles. The summed E-state index contributed by atoms with van der Waals surface area (Å²) in [6.07, 6.45) is 1.78. The summed E-state index contributed by atoms with van der Waals surface area (Å²) in [5, 5.41) is 7.19. The summed E-state index contributed by atoms with van der Waals surface area (Å²) in [5.41, 5.74) is 5.89. The van der Waals surface area contributed by atoms with E-state index >= 15 is 0 Å². The summed E-state index contributed by atoms with van der Waals surface area (Å²) in [7, 11) is -4.94. The van der Waals surface area contributed by atoms with E-state index in [4.69, 9.17) is 18.6 Å². The van der Waals surface area contributed by atoms with Crippen LogP contribution in [-0.4, -0.2) is 10.2 Å². The minimum atomic E-state index is -4.94. The van der Waals surface area contributed by atoms with Crippen molar-refractivity contribution in [3.63, 3.8) is 0 Å². The fourth-order valence-corrected chi connectivity index (χ4v) is 3.04. The fourth-order valence-electron chi connectivity index (χ4n) is 3.04. The third kappa shape index (κ3) is 5.71. The lowest BCUT2D eigenvalue weighted by molar-refractivity contribution is -2.00. The van der Waals surface area contributed by atoms with E-state index in [0.717, 1.165) is 17.2 Å². The Kier molecular flexibility index (Phi) is 6.38. The number of rotatable bonds is 3. The number of pyridine rings is 1. The monoisotopic (exact) mass is 411 g/mol. The topological polar surface area (TPSA) is 125 Å². The molecule has 0 saturated carbocycles. The summed E-state index contributed by atoms with van der Waals surface area (Å²) in [6, 6.07) is 27.4. The predicted molar refractivity (Wildman–Crippen MR) is 95.7 cm³/mol. The van der Waals surface area contributed by atoms with Crippen LogP contribution < -0.4 is 23.2 Å². The Balaban J connectivity index is 0.000000431. The molecule has 0 bridgehead atoms. The van der Waals surface area contributed by atoms with Crippen LogP contribution >= 0.6 is 0 Å². The van der Waals surface area contributed by atoms with E-state index in [1.54, 1.807) is 6.20 Å². The quantitative estimate of drug-likeness (QED) is 0.458. The first kappa shape index (κ1) is 20.7. The predicted octanol–water partition coefficient (Wildman–Crippen LogP) is -0.427. The van der Waals surface area contributed by atoms with E-state index in [-0.39, 0.29) is 0 Å². The Bertz CT molecular complexity index is 1040. The van der Waals surface area contributed by atoms with Gasteiger partial charge in [-0.25, -0.2) is 18.6 Å². The largest absolute Gasteiger partial charge is 0.306 e. The van der Waals surface area contributed by atoms with E-state index in [0.29, 0.717) is 0 Å². The van der Waals surface area contributed by atoms with Gasteiger partial charge in [-0.2, -0.15) is 4.57 Å². The molecule has 2 heterocycles. The highest BCUT2D eigenvalue weighted by Crippen LogP contribution is 2.25. The standard InChI is InChI=1S/C21H18N3.ClHO4/c1-16-14-19(17-8-4-2-5-9-17)15-20(18-10-6-3-7-11-18)24(16)21-12-13-22-23-21;2-1(3,4)5/h2-15H,1H3,(H,22,23);(H,2,3,4,5)/q+1;/p-1. The van der Waals surface area contributed by atoms with Crippen molar-refractivity contribution in [2.75, 3.05) is 0 Å². The van der Waals surface area contributed by atoms with Gasteiger partial charge in [0.1, 0.15) is 11.4 Å². The van der Waals surface area contributed by atoms with Gasteiger partial charge in [-0.3, -0.25) is 0 Å². The van der Waals surface area contributed by atoms with Gasteiger partial charge in [0.05, 0.1) is 12.3 Å². The number of halogens is 1.